The second kappa shape index (κ2) is 11.7. The molecule has 0 spiro atoms. The summed E-state index contributed by atoms with van der Waals surface area (Å²) in [5, 5.41) is 16.4. The van der Waals surface area contributed by atoms with E-state index in [1.54, 1.807) is 11.0 Å². The fraction of sp³-hybridized carbons (Fsp3) is 0.500. The highest BCUT2D eigenvalue weighted by Gasteiger charge is 2.44. The molecular weight excluding hydrogens is 451 g/mol. The molecule has 33 heavy (non-hydrogen) atoms. The van der Waals surface area contributed by atoms with Crippen LogP contribution < -0.4 is 0 Å². The summed E-state index contributed by atoms with van der Waals surface area (Å²) >= 11 is 0. The van der Waals surface area contributed by atoms with E-state index in [1.807, 2.05) is 37.0 Å². The molecule has 182 valence electrons. The molecule has 0 radical (unpaired) electrons. The Morgan fingerprint density at radius 2 is 1.67 bits per heavy atom. The first-order valence-electron chi connectivity index (χ1n) is 11.0. The number of aryl methyl sites for hydroxylation is 1. The molecule has 2 N–H and O–H groups in total. The van der Waals surface area contributed by atoms with Crippen LogP contribution in [-0.2, 0) is 13.2 Å². The molecule has 9 heteroatoms. The third-order valence-corrected chi connectivity index (χ3v) is 6.22. The number of likely N-dealkylation sites (tertiary alicyclic amines) is 1. The van der Waals surface area contributed by atoms with Gasteiger partial charge in [0.05, 0.1) is 11.3 Å². The number of alkyl halides is 3. The highest BCUT2D eigenvalue weighted by molar-refractivity contribution is 6.05. The second-order valence-corrected chi connectivity index (χ2v) is 8.69. The molecule has 2 aromatic rings. The summed E-state index contributed by atoms with van der Waals surface area (Å²) in [7, 11) is 3.76. The van der Waals surface area contributed by atoms with E-state index in [0.29, 0.717) is 11.7 Å². The van der Waals surface area contributed by atoms with Gasteiger partial charge < -0.3 is 14.4 Å². The molecule has 2 unspecified atom stereocenters. The van der Waals surface area contributed by atoms with E-state index >= 15 is 0 Å². The van der Waals surface area contributed by atoms with Gasteiger partial charge in [-0.25, -0.2) is 0 Å². The van der Waals surface area contributed by atoms with Crippen molar-refractivity contribution in [3.63, 3.8) is 0 Å². The largest absolute Gasteiger partial charge is 0.416 e. The number of halogens is 4. The number of hydrogen-bond acceptors (Lipinski definition) is 3. The maximum atomic E-state index is 11.8. The van der Waals surface area contributed by atoms with Crippen molar-refractivity contribution in [1.29, 1.82) is 10.8 Å². The van der Waals surface area contributed by atoms with E-state index < -0.39 is 11.7 Å². The highest BCUT2D eigenvalue weighted by Crippen LogP contribution is 2.44. The Kier molecular flexibility index (Phi) is 9.55. The van der Waals surface area contributed by atoms with Crippen LogP contribution in [0.15, 0.2) is 48.7 Å². The molecular formula is C24H33ClF3N5. The number of fused-ring (bicyclic) bond motifs is 1. The maximum Gasteiger partial charge on any atom is 0.416 e. The monoisotopic (exact) mass is 483 g/mol. The van der Waals surface area contributed by atoms with Crippen LogP contribution in [0.1, 0.15) is 36.9 Å². The standard InChI is InChI=1S/C17H27N5.C7H5F3.ClH/c1-20-8-5-6-15(20)17(19)21(2)16(18)7-3-4-9-22-11-13-10-14(13)12-22;8-7(9,10)6-4-2-1-3-5-6;/h5-6,8,13-14,18-19H,3-4,7,9-12H2,1-2H3;1-5H;1H. The van der Waals surface area contributed by atoms with Crippen LogP contribution in [0.5, 0.6) is 0 Å². The predicted octanol–water partition coefficient (Wildman–Crippen LogP) is 5.51. The van der Waals surface area contributed by atoms with Gasteiger partial charge >= 0.3 is 6.18 Å². The van der Waals surface area contributed by atoms with Gasteiger partial charge in [0, 0.05) is 39.8 Å². The first-order valence-corrected chi connectivity index (χ1v) is 11.0. The Morgan fingerprint density at radius 1 is 1.03 bits per heavy atom. The lowest BCUT2D eigenvalue weighted by Crippen LogP contribution is -2.33. The maximum absolute atomic E-state index is 11.8. The van der Waals surface area contributed by atoms with Crippen molar-refractivity contribution >= 4 is 24.1 Å². The number of nitrogens with one attached hydrogen (secondary N) is 2. The molecule has 2 atom stereocenters. The second-order valence-electron chi connectivity index (χ2n) is 8.69. The van der Waals surface area contributed by atoms with Crippen molar-refractivity contribution in [1.82, 2.24) is 14.4 Å². The van der Waals surface area contributed by atoms with Crippen molar-refractivity contribution in [2.75, 3.05) is 26.7 Å². The molecule has 1 aromatic heterocycles. The lowest BCUT2D eigenvalue weighted by atomic mass is 10.2. The zero-order valence-electron chi connectivity index (χ0n) is 19.1. The zero-order valence-corrected chi connectivity index (χ0v) is 19.9. The topological polar surface area (TPSA) is 59.1 Å². The Bertz CT molecular complexity index is 902. The van der Waals surface area contributed by atoms with Crippen LogP contribution in [0.4, 0.5) is 13.2 Å². The minimum absolute atomic E-state index is 0. The normalized spacial score (nSPS) is 19.1. The van der Waals surface area contributed by atoms with Crippen LogP contribution in [0, 0.1) is 22.7 Å². The third kappa shape index (κ3) is 7.61. The number of unbranched alkanes of at least 4 members (excludes halogenated alkanes) is 1. The molecule has 1 saturated heterocycles. The van der Waals surface area contributed by atoms with Gasteiger partial charge in [-0.2, -0.15) is 13.2 Å². The number of amidine groups is 2. The van der Waals surface area contributed by atoms with E-state index in [9.17, 15) is 13.2 Å². The Hall–Kier alpha value is -2.32. The van der Waals surface area contributed by atoms with Crippen LogP contribution in [0.25, 0.3) is 0 Å². The first kappa shape index (κ1) is 26.9. The van der Waals surface area contributed by atoms with E-state index in [1.165, 1.54) is 38.2 Å². The van der Waals surface area contributed by atoms with Gasteiger partial charge in [0.1, 0.15) is 11.7 Å². The average molecular weight is 484 g/mol. The van der Waals surface area contributed by atoms with Crippen LogP contribution >= 0.6 is 12.4 Å². The van der Waals surface area contributed by atoms with E-state index in [4.69, 9.17) is 10.8 Å². The fourth-order valence-corrected chi connectivity index (χ4v) is 4.11. The lowest BCUT2D eigenvalue weighted by molar-refractivity contribution is -0.137. The summed E-state index contributed by atoms with van der Waals surface area (Å²) in [5.74, 6) is 2.96. The quantitative estimate of drug-likeness (QED) is 0.323. The van der Waals surface area contributed by atoms with Crippen molar-refractivity contribution in [3.8, 4) is 0 Å². The molecule has 0 amide bonds. The van der Waals surface area contributed by atoms with Crippen LogP contribution in [0.2, 0.25) is 0 Å². The van der Waals surface area contributed by atoms with Crippen LogP contribution in [-0.4, -0.2) is 52.7 Å². The Balaban J connectivity index is 0.000000297. The smallest absolute Gasteiger partial charge is 0.348 e. The average Bonchev–Trinajstić information content (AvgIpc) is 3.15. The van der Waals surface area contributed by atoms with E-state index in [2.05, 4.69) is 4.90 Å². The molecule has 2 fully saturated rings. The summed E-state index contributed by atoms with van der Waals surface area (Å²) in [6, 6.07) is 10.2. The van der Waals surface area contributed by atoms with Gasteiger partial charge in [0.25, 0.3) is 0 Å². The number of nitrogens with zero attached hydrogens (tertiary/aromatic N) is 3. The van der Waals surface area contributed by atoms with Gasteiger partial charge in [0.15, 0.2) is 0 Å². The van der Waals surface area contributed by atoms with Gasteiger partial charge in [-0.1, -0.05) is 30.3 Å². The van der Waals surface area contributed by atoms with Crippen LogP contribution in [0.3, 0.4) is 0 Å². The van der Waals surface area contributed by atoms with Gasteiger partial charge in [-0.15, -0.1) is 12.4 Å². The third-order valence-electron chi connectivity index (χ3n) is 6.22. The highest BCUT2D eigenvalue weighted by atomic mass is 35.5. The van der Waals surface area contributed by atoms with Gasteiger partial charge in [-0.3, -0.25) is 10.8 Å². The van der Waals surface area contributed by atoms with Crippen molar-refractivity contribution < 1.29 is 13.2 Å². The molecule has 1 aliphatic heterocycles. The summed E-state index contributed by atoms with van der Waals surface area (Å²) in [6.45, 7) is 3.79. The molecule has 1 aliphatic carbocycles. The summed E-state index contributed by atoms with van der Waals surface area (Å²) in [4.78, 5) is 4.28. The molecule has 1 saturated carbocycles. The summed E-state index contributed by atoms with van der Waals surface area (Å²) in [5.41, 5.74) is 0.249. The lowest BCUT2D eigenvalue weighted by Gasteiger charge is -2.22. The van der Waals surface area contributed by atoms with E-state index in [0.717, 1.165) is 48.9 Å². The molecule has 2 aliphatic rings. The molecule has 0 bridgehead atoms. The van der Waals surface area contributed by atoms with Crippen molar-refractivity contribution in [2.45, 2.75) is 31.9 Å². The van der Waals surface area contributed by atoms with Crippen molar-refractivity contribution in [3.05, 3.63) is 59.9 Å². The molecule has 1 aromatic carbocycles. The predicted molar refractivity (Wildman–Crippen MR) is 128 cm³/mol. The number of rotatable bonds is 6. The fourth-order valence-electron chi connectivity index (χ4n) is 4.11. The SMILES string of the molecule is CN(C(=N)CCCCN1CC2CC2C1)C(=N)c1cccn1C.Cl.FC(F)(F)c1ccccc1. The summed E-state index contributed by atoms with van der Waals surface area (Å²) in [6.07, 6.45) is 2.14. The zero-order chi connectivity index (χ0) is 23.3. The molecule has 5 nitrogen and oxygen atoms in total. The number of benzene rings is 1. The first-order chi connectivity index (χ1) is 15.2. The number of aromatic nitrogens is 1. The minimum Gasteiger partial charge on any atom is -0.348 e. The Labute approximate surface area is 200 Å². The Morgan fingerprint density at radius 3 is 2.18 bits per heavy atom. The molecule has 4 rings (SSSR count). The summed E-state index contributed by atoms with van der Waals surface area (Å²) < 4.78 is 37.3. The van der Waals surface area contributed by atoms with Gasteiger partial charge in [-0.05, 0) is 49.8 Å². The van der Waals surface area contributed by atoms with Gasteiger partial charge in [0.2, 0.25) is 0 Å². The van der Waals surface area contributed by atoms with E-state index in [-0.39, 0.29) is 12.4 Å². The number of hydrogen-bond donors (Lipinski definition) is 2. The minimum atomic E-state index is -4.21. The van der Waals surface area contributed by atoms with Crippen molar-refractivity contribution in [2.24, 2.45) is 18.9 Å². The number of piperidine rings is 1. The molecule has 2 heterocycles.